The van der Waals surface area contributed by atoms with Crippen molar-refractivity contribution in [3.05, 3.63) is 10.9 Å². The van der Waals surface area contributed by atoms with E-state index in [0.717, 1.165) is 11.3 Å². The number of amides is 1. The Kier molecular flexibility index (Phi) is 1.92. The van der Waals surface area contributed by atoms with Crippen LogP contribution in [0.1, 0.15) is 16.6 Å². The summed E-state index contributed by atoms with van der Waals surface area (Å²) in [5.41, 5.74) is 0.440. The van der Waals surface area contributed by atoms with E-state index in [1.54, 1.807) is 6.92 Å². The highest BCUT2D eigenvalue weighted by Gasteiger charge is 2.26. The quantitative estimate of drug-likeness (QED) is 0.734. The maximum Gasteiger partial charge on any atom is 0.346 e. The summed E-state index contributed by atoms with van der Waals surface area (Å²) in [4.78, 5) is 21.9. The lowest BCUT2D eigenvalue weighted by atomic mass is 10.3. The molecule has 74 valence electrons. The molecule has 0 saturated heterocycles. The lowest BCUT2D eigenvalue weighted by molar-refractivity contribution is -0.122. The number of thiophene rings is 1. The third kappa shape index (κ3) is 1.33. The van der Waals surface area contributed by atoms with Crippen molar-refractivity contribution in [3.63, 3.8) is 0 Å². The second-order valence-corrected chi connectivity index (χ2v) is 3.88. The fraction of sp³-hybridized carbons (Fsp3) is 0.250. The molecule has 1 amide bonds. The maximum absolute atomic E-state index is 11.2. The van der Waals surface area contributed by atoms with Gasteiger partial charge in [-0.3, -0.25) is 4.79 Å². The number of anilines is 1. The molecule has 5 nitrogen and oxygen atoms in total. The minimum absolute atomic E-state index is 0.157. The predicted octanol–water partition coefficient (Wildman–Crippen LogP) is 1.17. The number of carboxylic acid groups (broad SMARTS) is 1. The monoisotopic (exact) mass is 213 g/mol. The fourth-order valence-electron chi connectivity index (χ4n) is 1.10. The van der Waals surface area contributed by atoms with Crippen molar-refractivity contribution in [2.45, 2.75) is 13.0 Å². The van der Waals surface area contributed by atoms with Gasteiger partial charge in [0.2, 0.25) is 0 Å². The first-order valence-corrected chi connectivity index (χ1v) is 4.74. The number of hydrogen-bond acceptors (Lipinski definition) is 4. The van der Waals surface area contributed by atoms with Gasteiger partial charge in [0.25, 0.3) is 5.91 Å². The van der Waals surface area contributed by atoms with Crippen molar-refractivity contribution >= 4 is 28.9 Å². The number of ether oxygens (including phenoxy) is 1. The van der Waals surface area contributed by atoms with Crippen molar-refractivity contribution in [3.8, 4) is 5.06 Å². The van der Waals surface area contributed by atoms with Crippen LogP contribution in [0, 0.1) is 0 Å². The van der Waals surface area contributed by atoms with E-state index < -0.39 is 12.1 Å². The van der Waals surface area contributed by atoms with E-state index in [2.05, 4.69) is 5.32 Å². The zero-order valence-corrected chi connectivity index (χ0v) is 8.05. The molecule has 14 heavy (non-hydrogen) atoms. The van der Waals surface area contributed by atoms with Gasteiger partial charge in [0.05, 0.1) is 5.69 Å². The van der Waals surface area contributed by atoms with Gasteiger partial charge in [0.1, 0.15) is 4.88 Å². The molecule has 6 heteroatoms. The van der Waals surface area contributed by atoms with E-state index in [1.807, 2.05) is 0 Å². The van der Waals surface area contributed by atoms with Crippen LogP contribution in [0.3, 0.4) is 0 Å². The summed E-state index contributed by atoms with van der Waals surface area (Å²) >= 11 is 1.01. The molecule has 2 heterocycles. The van der Waals surface area contributed by atoms with Crippen LogP contribution in [-0.4, -0.2) is 23.1 Å². The smallest absolute Gasteiger partial charge is 0.346 e. The Balaban J connectivity index is 2.38. The molecule has 1 aromatic heterocycles. The second kappa shape index (κ2) is 2.98. The first-order chi connectivity index (χ1) is 6.58. The van der Waals surface area contributed by atoms with Crippen LogP contribution in [0.2, 0.25) is 0 Å². The van der Waals surface area contributed by atoms with Crippen LogP contribution in [0.4, 0.5) is 5.69 Å². The molecule has 1 atom stereocenters. The standard InChI is InChI=1S/C8H7NO4S/c1-3-6(10)9-4-2-5(7(11)12)14-8(4)13-3/h2-3H,1H3,(H,9,10)(H,11,12). The van der Waals surface area contributed by atoms with E-state index in [1.165, 1.54) is 6.07 Å². The van der Waals surface area contributed by atoms with Gasteiger partial charge < -0.3 is 15.2 Å². The minimum Gasteiger partial charge on any atom is -0.477 e. The lowest BCUT2D eigenvalue weighted by Gasteiger charge is -2.19. The van der Waals surface area contributed by atoms with Gasteiger partial charge in [-0.1, -0.05) is 11.3 Å². The Morgan fingerprint density at radius 1 is 1.71 bits per heavy atom. The van der Waals surface area contributed by atoms with Gasteiger partial charge in [-0.05, 0) is 13.0 Å². The van der Waals surface area contributed by atoms with Gasteiger partial charge in [0, 0.05) is 0 Å². The van der Waals surface area contributed by atoms with Crippen molar-refractivity contribution in [2.75, 3.05) is 5.32 Å². The van der Waals surface area contributed by atoms with E-state index in [0.29, 0.717) is 10.8 Å². The van der Waals surface area contributed by atoms with Crippen LogP contribution in [-0.2, 0) is 4.79 Å². The molecule has 0 fully saturated rings. The van der Waals surface area contributed by atoms with Crippen molar-refractivity contribution in [2.24, 2.45) is 0 Å². The number of aromatic carboxylic acids is 1. The SMILES string of the molecule is CC1Oc2sc(C(=O)O)cc2NC1=O. The molecule has 1 aliphatic rings. The van der Waals surface area contributed by atoms with Crippen molar-refractivity contribution in [1.82, 2.24) is 0 Å². The Morgan fingerprint density at radius 3 is 3.07 bits per heavy atom. The van der Waals surface area contributed by atoms with E-state index in [9.17, 15) is 9.59 Å². The van der Waals surface area contributed by atoms with Gasteiger partial charge >= 0.3 is 5.97 Å². The normalized spacial score (nSPS) is 19.5. The maximum atomic E-state index is 11.2. The first kappa shape index (κ1) is 9.01. The molecular formula is C8H7NO4S. The molecule has 0 bridgehead atoms. The number of carbonyl (C=O) groups is 2. The highest BCUT2D eigenvalue weighted by atomic mass is 32.1. The highest BCUT2D eigenvalue weighted by Crippen LogP contribution is 2.38. The number of carboxylic acids is 1. The Labute approximate surface area is 83.3 Å². The number of rotatable bonds is 1. The topological polar surface area (TPSA) is 75.6 Å². The largest absolute Gasteiger partial charge is 0.477 e. The molecule has 2 N–H and O–H groups in total. The van der Waals surface area contributed by atoms with Gasteiger partial charge in [-0.15, -0.1) is 0 Å². The Bertz CT molecular complexity index is 411. The average molecular weight is 213 g/mol. The first-order valence-electron chi connectivity index (χ1n) is 3.92. The summed E-state index contributed by atoms with van der Waals surface area (Å²) in [5.74, 6) is -1.28. The van der Waals surface area contributed by atoms with Crippen LogP contribution < -0.4 is 10.1 Å². The van der Waals surface area contributed by atoms with Gasteiger partial charge in [-0.2, -0.15) is 0 Å². The van der Waals surface area contributed by atoms with Crippen LogP contribution in [0.15, 0.2) is 6.07 Å². The fourth-order valence-corrected chi connectivity index (χ4v) is 1.98. The number of fused-ring (bicyclic) bond motifs is 1. The predicted molar refractivity (Wildman–Crippen MR) is 50.0 cm³/mol. The zero-order chi connectivity index (χ0) is 10.3. The Morgan fingerprint density at radius 2 is 2.43 bits per heavy atom. The summed E-state index contributed by atoms with van der Waals surface area (Å²) in [6.45, 7) is 1.61. The molecule has 0 saturated carbocycles. The molecule has 0 aromatic carbocycles. The van der Waals surface area contributed by atoms with E-state index in [4.69, 9.17) is 9.84 Å². The summed E-state index contributed by atoms with van der Waals surface area (Å²) in [6.07, 6.45) is -0.567. The minimum atomic E-state index is -1.02. The molecular weight excluding hydrogens is 206 g/mol. The zero-order valence-electron chi connectivity index (χ0n) is 7.23. The van der Waals surface area contributed by atoms with Crippen molar-refractivity contribution < 1.29 is 19.4 Å². The van der Waals surface area contributed by atoms with E-state index >= 15 is 0 Å². The number of carbonyl (C=O) groups excluding carboxylic acids is 1. The molecule has 1 aromatic rings. The molecule has 0 radical (unpaired) electrons. The molecule has 0 aliphatic carbocycles. The van der Waals surface area contributed by atoms with Crippen LogP contribution >= 0.6 is 11.3 Å². The summed E-state index contributed by atoms with van der Waals surface area (Å²) in [6, 6.07) is 1.39. The van der Waals surface area contributed by atoms with Crippen LogP contribution in [0.5, 0.6) is 5.06 Å². The third-order valence-electron chi connectivity index (χ3n) is 1.82. The molecule has 0 spiro atoms. The lowest BCUT2D eigenvalue weighted by Crippen LogP contribution is -2.33. The van der Waals surface area contributed by atoms with Gasteiger partial charge in [-0.25, -0.2) is 4.79 Å². The molecule has 1 aliphatic heterocycles. The van der Waals surface area contributed by atoms with Gasteiger partial charge in [0.15, 0.2) is 11.2 Å². The summed E-state index contributed by atoms with van der Waals surface area (Å²) in [5, 5.41) is 11.7. The highest BCUT2D eigenvalue weighted by molar-refractivity contribution is 7.16. The van der Waals surface area contributed by atoms with E-state index in [-0.39, 0.29) is 10.8 Å². The third-order valence-corrected chi connectivity index (χ3v) is 2.83. The van der Waals surface area contributed by atoms with Crippen LogP contribution in [0.25, 0.3) is 0 Å². The average Bonchev–Trinajstić information content (AvgIpc) is 2.48. The molecule has 2 rings (SSSR count). The summed E-state index contributed by atoms with van der Waals surface area (Å²) in [7, 11) is 0. The molecule has 1 unspecified atom stereocenters. The number of hydrogen-bond donors (Lipinski definition) is 2. The number of nitrogens with one attached hydrogen (secondary N) is 1. The second-order valence-electron chi connectivity index (χ2n) is 2.87. The summed E-state index contributed by atoms with van der Waals surface area (Å²) < 4.78 is 5.22. The Hall–Kier alpha value is -1.56. The van der Waals surface area contributed by atoms with Crippen molar-refractivity contribution in [1.29, 1.82) is 0 Å².